The zero-order valence-corrected chi connectivity index (χ0v) is 20.6. The molecular weight excluding hydrogens is 461 g/mol. The third kappa shape index (κ3) is 10.2. The third-order valence-electron chi connectivity index (χ3n) is 5.05. The maximum Gasteiger partial charge on any atom is 0.303 e. The van der Waals surface area contributed by atoms with E-state index in [4.69, 9.17) is 28.3 Å². The Balaban J connectivity index is 3.12. The molecular formula is C22H33Cl2NO5S. The molecule has 0 heterocycles. The number of benzene rings is 1. The molecule has 0 aliphatic rings. The minimum absolute atomic E-state index is 0.0419. The van der Waals surface area contributed by atoms with E-state index in [2.05, 4.69) is 13.8 Å². The summed E-state index contributed by atoms with van der Waals surface area (Å²) in [6.07, 6.45) is 5.28. The minimum Gasteiger partial charge on any atom is -0.481 e. The Kier molecular flexibility index (Phi) is 12.5. The van der Waals surface area contributed by atoms with Crippen molar-refractivity contribution >= 4 is 44.9 Å². The van der Waals surface area contributed by atoms with Crippen LogP contribution in [0.25, 0.3) is 0 Å². The van der Waals surface area contributed by atoms with E-state index in [1.165, 1.54) is 18.2 Å². The zero-order valence-electron chi connectivity index (χ0n) is 18.3. The summed E-state index contributed by atoms with van der Waals surface area (Å²) in [6, 6.07) is 4.02. The van der Waals surface area contributed by atoms with Crippen molar-refractivity contribution in [1.82, 2.24) is 4.90 Å². The van der Waals surface area contributed by atoms with E-state index in [0.717, 1.165) is 38.5 Å². The smallest absolute Gasteiger partial charge is 0.303 e. The number of carbonyl (C=O) groups excluding carboxylic acids is 1. The molecule has 31 heavy (non-hydrogen) atoms. The molecule has 1 rings (SSSR count). The van der Waals surface area contributed by atoms with Gasteiger partial charge in [0.15, 0.2) is 9.84 Å². The second-order valence-electron chi connectivity index (χ2n) is 7.76. The van der Waals surface area contributed by atoms with Crippen LogP contribution in [0.1, 0.15) is 65.2 Å². The van der Waals surface area contributed by atoms with Gasteiger partial charge in [-0.1, -0.05) is 62.7 Å². The van der Waals surface area contributed by atoms with Gasteiger partial charge in [0.05, 0.1) is 16.6 Å². The number of amides is 1. The predicted octanol–water partition coefficient (Wildman–Crippen LogP) is 5.46. The molecule has 1 N–H and O–H groups in total. The highest BCUT2D eigenvalue weighted by Gasteiger charge is 2.30. The summed E-state index contributed by atoms with van der Waals surface area (Å²) in [5.41, 5.74) is 0. The highest BCUT2D eigenvalue weighted by atomic mass is 35.5. The summed E-state index contributed by atoms with van der Waals surface area (Å²) >= 11 is 11.9. The Morgan fingerprint density at radius 1 is 0.968 bits per heavy atom. The predicted molar refractivity (Wildman–Crippen MR) is 125 cm³/mol. The second-order valence-corrected chi connectivity index (χ2v) is 10.7. The summed E-state index contributed by atoms with van der Waals surface area (Å²) in [5.74, 6) is -2.79. The molecule has 176 valence electrons. The Morgan fingerprint density at radius 2 is 1.48 bits per heavy atom. The van der Waals surface area contributed by atoms with Gasteiger partial charge in [0.25, 0.3) is 0 Å². The molecule has 0 aromatic heterocycles. The number of aliphatic carboxylic acids is 1. The lowest BCUT2D eigenvalue weighted by molar-refractivity contribution is -0.138. The number of halogens is 2. The van der Waals surface area contributed by atoms with Crippen molar-refractivity contribution in [2.24, 2.45) is 5.92 Å². The third-order valence-corrected chi connectivity index (χ3v) is 7.28. The first-order valence-corrected chi connectivity index (χ1v) is 13.2. The molecule has 1 aromatic carbocycles. The fraction of sp³-hybridized carbons (Fsp3) is 0.636. The minimum atomic E-state index is -3.89. The van der Waals surface area contributed by atoms with Crippen LogP contribution < -0.4 is 0 Å². The maximum atomic E-state index is 13.3. The first-order chi connectivity index (χ1) is 14.6. The van der Waals surface area contributed by atoms with Crippen LogP contribution in [-0.2, 0) is 19.4 Å². The largest absolute Gasteiger partial charge is 0.481 e. The number of nitrogens with zero attached hydrogens (tertiary/aromatic N) is 1. The van der Waals surface area contributed by atoms with Crippen LogP contribution in [0.15, 0.2) is 23.1 Å². The van der Waals surface area contributed by atoms with Gasteiger partial charge in [-0.3, -0.25) is 9.59 Å². The summed E-state index contributed by atoms with van der Waals surface area (Å²) in [6.45, 7) is 5.23. The molecule has 0 aliphatic heterocycles. The molecule has 0 spiro atoms. The van der Waals surface area contributed by atoms with Crippen LogP contribution >= 0.6 is 23.2 Å². The number of sulfone groups is 1. The molecule has 1 aromatic rings. The van der Waals surface area contributed by atoms with Gasteiger partial charge in [-0.25, -0.2) is 8.42 Å². The Morgan fingerprint density at radius 3 is 1.94 bits per heavy atom. The van der Waals surface area contributed by atoms with E-state index in [1.54, 1.807) is 4.90 Å². The molecule has 6 nitrogen and oxygen atoms in total. The van der Waals surface area contributed by atoms with Gasteiger partial charge in [-0.2, -0.15) is 0 Å². The zero-order chi connectivity index (χ0) is 23.4. The monoisotopic (exact) mass is 493 g/mol. The molecule has 0 radical (unpaired) electrons. The molecule has 0 fully saturated rings. The number of carboxylic acids is 1. The van der Waals surface area contributed by atoms with E-state index < -0.39 is 27.5 Å². The van der Waals surface area contributed by atoms with E-state index in [0.29, 0.717) is 13.1 Å². The lowest BCUT2D eigenvalue weighted by Crippen LogP contribution is -2.40. The van der Waals surface area contributed by atoms with Crippen LogP contribution in [0.2, 0.25) is 10.0 Å². The van der Waals surface area contributed by atoms with Gasteiger partial charge < -0.3 is 10.0 Å². The van der Waals surface area contributed by atoms with Gasteiger partial charge in [0.1, 0.15) is 0 Å². The fourth-order valence-electron chi connectivity index (χ4n) is 3.34. The molecule has 1 atom stereocenters. The van der Waals surface area contributed by atoms with Crippen LogP contribution in [0, 0.1) is 5.92 Å². The van der Waals surface area contributed by atoms with Gasteiger partial charge in [-0.05, 0) is 37.5 Å². The molecule has 1 amide bonds. The molecule has 0 aliphatic carbocycles. The van der Waals surface area contributed by atoms with Gasteiger partial charge in [0.2, 0.25) is 5.91 Å². The highest BCUT2D eigenvalue weighted by molar-refractivity contribution is 7.91. The number of hydrogen-bond donors (Lipinski definition) is 1. The summed E-state index contributed by atoms with van der Waals surface area (Å²) in [7, 11) is -3.89. The summed E-state index contributed by atoms with van der Waals surface area (Å²) in [4.78, 5) is 26.1. The Labute approximate surface area is 195 Å². The Hall–Kier alpha value is -1.31. The lowest BCUT2D eigenvalue weighted by atomic mass is 10.0. The average Bonchev–Trinajstić information content (AvgIpc) is 2.68. The van der Waals surface area contributed by atoms with Gasteiger partial charge in [-0.15, -0.1) is 0 Å². The first-order valence-electron chi connectivity index (χ1n) is 10.8. The van der Waals surface area contributed by atoms with Crippen molar-refractivity contribution in [3.63, 3.8) is 0 Å². The quantitative estimate of drug-likeness (QED) is 0.327. The Bertz CT molecular complexity index is 799. The lowest BCUT2D eigenvalue weighted by Gasteiger charge is -2.27. The van der Waals surface area contributed by atoms with E-state index in [1.807, 2.05) is 0 Å². The highest BCUT2D eigenvalue weighted by Crippen LogP contribution is 2.26. The molecule has 0 saturated heterocycles. The standard InChI is InChI=1S/C22H33Cl2NO5S/c1-3-5-7-11-25(12-8-6-4-2)22(28)17(9-10-21(26)27)16-31(29,30)20-14-18(23)13-19(24)15-20/h13-15,17H,3-12,16H2,1-2H3,(H,26,27). The van der Waals surface area contributed by atoms with Crippen molar-refractivity contribution in [2.45, 2.75) is 70.1 Å². The van der Waals surface area contributed by atoms with E-state index in [-0.39, 0.29) is 33.7 Å². The number of rotatable bonds is 15. The molecule has 0 saturated carbocycles. The maximum absolute atomic E-state index is 13.3. The fourth-order valence-corrected chi connectivity index (χ4v) is 5.64. The van der Waals surface area contributed by atoms with Crippen molar-refractivity contribution in [3.8, 4) is 0 Å². The number of unbranched alkanes of at least 4 members (excludes halogenated alkanes) is 4. The summed E-state index contributed by atoms with van der Waals surface area (Å²) in [5, 5.41) is 9.47. The molecule has 1 unspecified atom stereocenters. The molecule has 0 bridgehead atoms. The molecule has 9 heteroatoms. The topological polar surface area (TPSA) is 91.8 Å². The van der Waals surface area contributed by atoms with Gasteiger partial charge in [0, 0.05) is 29.6 Å². The van der Waals surface area contributed by atoms with E-state index in [9.17, 15) is 18.0 Å². The van der Waals surface area contributed by atoms with Crippen molar-refractivity contribution < 1.29 is 23.1 Å². The van der Waals surface area contributed by atoms with Crippen LogP contribution in [0.4, 0.5) is 0 Å². The van der Waals surface area contributed by atoms with Crippen molar-refractivity contribution in [2.75, 3.05) is 18.8 Å². The van der Waals surface area contributed by atoms with Crippen molar-refractivity contribution in [3.05, 3.63) is 28.2 Å². The van der Waals surface area contributed by atoms with Gasteiger partial charge >= 0.3 is 5.97 Å². The second kappa shape index (κ2) is 14.0. The van der Waals surface area contributed by atoms with Crippen LogP contribution in [0.3, 0.4) is 0 Å². The van der Waals surface area contributed by atoms with E-state index >= 15 is 0 Å². The summed E-state index contributed by atoms with van der Waals surface area (Å²) < 4.78 is 26.0. The number of hydrogen-bond acceptors (Lipinski definition) is 4. The number of carboxylic acid groups (broad SMARTS) is 1. The van der Waals surface area contributed by atoms with Crippen molar-refractivity contribution in [1.29, 1.82) is 0 Å². The number of carbonyl (C=O) groups is 2. The van der Waals surface area contributed by atoms with Crippen LogP contribution in [0.5, 0.6) is 0 Å². The average molecular weight is 494 g/mol. The van der Waals surface area contributed by atoms with Crippen LogP contribution in [-0.4, -0.2) is 49.1 Å². The first kappa shape index (κ1) is 27.7. The SMILES string of the molecule is CCCCCN(CCCCC)C(=O)C(CCC(=O)O)CS(=O)(=O)c1cc(Cl)cc(Cl)c1. The normalized spacial score (nSPS) is 12.5.